The van der Waals surface area contributed by atoms with Crippen molar-refractivity contribution < 1.29 is 27.4 Å². The Balaban J connectivity index is 1.91. The highest BCUT2D eigenvalue weighted by atomic mass is 19.3. The van der Waals surface area contributed by atoms with Crippen LogP contribution in [0.5, 0.6) is 5.75 Å². The Morgan fingerprint density at radius 2 is 2.00 bits per heavy atom. The summed E-state index contributed by atoms with van der Waals surface area (Å²) < 4.78 is 52.1. The summed E-state index contributed by atoms with van der Waals surface area (Å²) in [4.78, 5) is 22.6. The zero-order chi connectivity index (χ0) is 22.5. The van der Waals surface area contributed by atoms with E-state index in [-0.39, 0.29) is 29.3 Å². The van der Waals surface area contributed by atoms with E-state index in [0.717, 1.165) is 19.0 Å². The normalized spacial score (nSPS) is 14.6. The van der Waals surface area contributed by atoms with Gasteiger partial charge in [0.2, 0.25) is 5.95 Å². The Labute approximate surface area is 178 Å². The molecule has 0 unspecified atom stereocenters. The Kier molecular flexibility index (Phi) is 7.16. The molecule has 11 heteroatoms. The molecule has 2 aromatic rings. The fraction of sp³-hybridized carbons (Fsp3) is 0.450. The number of amides is 1. The number of methoxy groups -OCH3 is 2. The summed E-state index contributed by atoms with van der Waals surface area (Å²) >= 11 is 0. The van der Waals surface area contributed by atoms with Crippen LogP contribution in [0.15, 0.2) is 24.4 Å². The second-order valence-electron chi connectivity index (χ2n) is 6.88. The molecule has 1 aromatic heterocycles. The van der Waals surface area contributed by atoms with Gasteiger partial charge in [-0.05, 0) is 31.0 Å². The van der Waals surface area contributed by atoms with E-state index in [1.54, 1.807) is 12.0 Å². The van der Waals surface area contributed by atoms with Crippen molar-refractivity contribution in [1.29, 1.82) is 0 Å². The largest absolute Gasteiger partial charge is 0.495 e. The average Bonchev–Trinajstić information content (AvgIpc) is 2.79. The topological polar surface area (TPSA) is 79.8 Å². The molecule has 0 spiro atoms. The fourth-order valence-corrected chi connectivity index (χ4v) is 3.44. The van der Waals surface area contributed by atoms with Crippen LogP contribution in [-0.2, 0) is 4.74 Å². The van der Waals surface area contributed by atoms with Crippen molar-refractivity contribution in [2.24, 2.45) is 0 Å². The maximum Gasteiger partial charge on any atom is 0.321 e. The second kappa shape index (κ2) is 9.82. The lowest BCUT2D eigenvalue weighted by atomic mass is 10.1. The van der Waals surface area contributed by atoms with Crippen molar-refractivity contribution in [3.8, 4) is 5.75 Å². The first-order chi connectivity index (χ1) is 14.9. The van der Waals surface area contributed by atoms with Crippen molar-refractivity contribution >= 4 is 23.4 Å². The molecule has 1 aliphatic heterocycles. The minimum Gasteiger partial charge on any atom is -0.495 e. The highest BCUT2D eigenvalue weighted by molar-refractivity contribution is 5.95. The smallest absolute Gasteiger partial charge is 0.321 e. The number of piperidine rings is 1. The molecule has 8 nitrogen and oxygen atoms in total. The molecule has 0 aliphatic carbocycles. The third kappa shape index (κ3) is 4.82. The van der Waals surface area contributed by atoms with Crippen LogP contribution in [0.25, 0.3) is 0 Å². The minimum atomic E-state index is -3.04. The Morgan fingerprint density at radius 3 is 2.58 bits per heavy atom. The lowest BCUT2D eigenvalue weighted by Gasteiger charge is -2.31. The van der Waals surface area contributed by atoms with Gasteiger partial charge in [-0.2, -0.15) is 13.8 Å². The molecule has 0 atom stereocenters. The van der Waals surface area contributed by atoms with Crippen LogP contribution in [0.2, 0.25) is 0 Å². The molecular weight excluding hydrogens is 415 g/mol. The summed E-state index contributed by atoms with van der Waals surface area (Å²) in [6.07, 6.45) is 2.38. The molecule has 1 saturated heterocycles. The van der Waals surface area contributed by atoms with E-state index >= 15 is 0 Å². The molecule has 1 fully saturated rings. The number of aromatic nitrogens is 2. The number of carbonyl (C=O) groups is 1. The van der Waals surface area contributed by atoms with Crippen LogP contribution < -0.4 is 15.0 Å². The number of hydrogen-bond donors (Lipinski definition) is 1. The molecule has 31 heavy (non-hydrogen) atoms. The van der Waals surface area contributed by atoms with E-state index in [9.17, 15) is 18.0 Å². The Hall–Kier alpha value is -3.08. The first-order valence-electron chi connectivity index (χ1n) is 9.67. The predicted molar refractivity (Wildman–Crippen MR) is 109 cm³/mol. The number of hydrogen-bond acceptors (Lipinski definition) is 7. The molecule has 1 N–H and O–H groups in total. The predicted octanol–water partition coefficient (Wildman–Crippen LogP) is 3.28. The van der Waals surface area contributed by atoms with Gasteiger partial charge in [0.1, 0.15) is 5.75 Å². The number of nitrogens with zero attached hydrogens (tertiary/aromatic N) is 4. The van der Waals surface area contributed by atoms with E-state index in [0.29, 0.717) is 23.6 Å². The third-order valence-corrected chi connectivity index (χ3v) is 5.13. The number of carbonyl (C=O) groups excluding carboxylic acids is 1. The van der Waals surface area contributed by atoms with Crippen LogP contribution >= 0.6 is 0 Å². The van der Waals surface area contributed by atoms with Crippen molar-refractivity contribution in [2.45, 2.75) is 25.5 Å². The average molecular weight is 439 g/mol. The van der Waals surface area contributed by atoms with E-state index in [1.165, 1.54) is 32.4 Å². The van der Waals surface area contributed by atoms with E-state index in [1.807, 2.05) is 0 Å². The highest BCUT2D eigenvalue weighted by Gasteiger charge is 2.28. The van der Waals surface area contributed by atoms with E-state index in [4.69, 9.17) is 9.47 Å². The molecule has 3 rings (SSSR count). The molecule has 0 radical (unpaired) electrons. The van der Waals surface area contributed by atoms with Gasteiger partial charge in [0, 0.05) is 32.8 Å². The number of alkyl halides is 2. The number of nitrogens with one attached hydrogen (secondary N) is 1. The van der Waals surface area contributed by atoms with E-state index in [2.05, 4.69) is 15.3 Å². The van der Waals surface area contributed by atoms with Gasteiger partial charge in [0.15, 0.2) is 11.6 Å². The summed E-state index contributed by atoms with van der Waals surface area (Å²) in [5, 5.41) is 2.49. The lowest BCUT2D eigenvalue weighted by Crippen LogP contribution is -2.40. The standard InChI is InChI=1S/C20H24F3N5O3/c1-24-17-14(21)11-25-20(26-17)28(19(22)23)15-5-4-12(10-16(15)31-3)18(29)27-8-6-13(30-2)7-9-27/h4-5,10-11,13,19H,6-9H2,1-3H3,(H,24,25,26). The Bertz CT molecular complexity index is 923. The molecule has 1 amide bonds. The van der Waals surface area contributed by atoms with Crippen LogP contribution in [0, 0.1) is 5.82 Å². The molecule has 0 saturated carbocycles. The SMILES string of the molecule is CNc1nc(N(c2ccc(C(=O)N3CCC(OC)CC3)cc2OC)C(F)F)ncc1F. The number of anilines is 3. The quantitative estimate of drug-likeness (QED) is 0.664. The maximum absolute atomic E-state index is 13.9. The molecular formula is C20H24F3N5O3. The van der Waals surface area contributed by atoms with Crippen molar-refractivity contribution in [1.82, 2.24) is 14.9 Å². The molecule has 2 heterocycles. The van der Waals surface area contributed by atoms with Gasteiger partial charge >= 0.3 is 6.55 Å². The van der Waals surface area contributed by atoms with Crippen LogP contribution in [0.1, 0.15) is 23.2 Å². The van der Waals surface area contributed by atoms with Crippen molar-refractivity contribution in [3.63, 3.8) is 0 Å². The van der Waals surface area contributed by atoms with Crippen molar-refractivity contribution in [2.75, 3.05) is 44.6 Å². The monoisotopic (exact) mass is 439 g/mol. The minimum absolute atomic E-state index is 0.0388. The van der Waals surface area contributed by atoms with E-state index < -0.39 is 18.3 Å². The van der Waals surface area contributed by atoms with Crippen molar-refractivity contribution in [3.05, 3.63) is 35.8 Å². The molecule has 168 valence electrons. The first kappa shape index (κ1) is 22.6. The summed E-state index contributed by atoms with van der Waals surface area (Å²) in [5.41, 5.74) is 0.252. The fourth-order valence-electron chi connectivity index (χ4n) is 3.44. The summed E-state index contributed by atoms with van der Waals surface area (Å²) in [5.74, 6) is -1.60. The number of halogens is 3. The number of ether oxygens (including phenoxy) is 2. The van der Waals surface area contributed by atoms with Gasteiger partial charge in [-0.25, -0.2) is 14.3 Å². The van der Waals surface area contributed by atoms with Crippen LogP contribution in [0.4, 0.5) is 30.6 Å². The lowest BCUT2D eigenvalue weighted by molar-refractivity contribution is 0.0350. The first-order valence-corrected chi connectivity index (χ1v) is 9.67. The maximum atomic E-state index is 13.9. The van der Waals surface area contributed by atoms with Gasteiger partial charge in [0.25, 0.3) is 5.91 Å². The zero-order valence-electron chi connectivity index (χ0n) is 17.4. The molecule has 0 bridgehead atoms. The highest BCUT2D eigenvalue weighted by Crippen LogP contribution is 2.36. The van der Waals surface area contributed by atoms with Gasteiger partial charge in [0.05, 0.1) is 25.1 Å². The third-order valence-electron chi connectivity index (χ3n) is 5.13. The van der Waals surface area contributed by atoms with Gasteiger partial charge in [-0.3, -0.25) is 4.79 Å². The molecule has 1 aromatic carbocycles. The van der Waals surface area contributed by atoms with Crippen LogP contribution in [-0.4, -0.2) is 67.8 Å². The Morgan fingerprint density at radius 1 is 1.29 bits per heavy atom. The zero-order valence-corrected chi connectivity index (χ0v) is 17.4. The van der Waals surface area contributed by atoms with Gasteiger partial charge < -0.3 is 19.7 Å². The summed E-state index contributed by atoms with van der Waals surface area (Å²) in [6.45, 7) is -1.96. The van der Waals surface area contributed by atoms with Gasteiger partial charge in [-0.1, -0.05) is 0 Å². The molecule has 1 aliphatic rings. The summed E-state index contributed by atoms with van der Waals surface area (Å²) in [6, 6.07) is 4.18. The summed E-state index contributed by atoms with van der Waals surface area (Å²) in [7, 11) is 4.37. The number of benzene rings is 1. The van der Waals surface area contributed by atoms with Gasteiger partial charge in [-0.15, -0.1) is 0 Å². The second-order valence-corrected chi connectivity index (χ2v) is 6.88. The number of likely N-dealkylation sites (tertiary alicyclic amines) is 1. The number of rotatable bonds is 7. The van der Waals surface area contributed by atoms with Crippen LogP contribution in [0.3, 0.4) is 0 Å².